The van der Waals surface area contributed by atoms with Crippen molar-refractivity contribution in [1.82, 2.24) is 0 Å². The van der Waals surface area contributed by atoms with Crippen LogP contribution in [-0.4, -0.2) is 19.3 Å². The minimum Gasteiger partial charge on any atom is -0.359 e. The fourth-order valence-corrected chi connectivity index (χ4v) is 1.82. The lowest BCUT2D eigenvalue weighted by Crippen LogP contribution is -2.34. The van der Waals surface area contributed by atoms with Crippen molar-refractivity contribution in [1.29, 1.82) is 0 Å². The molecular weight excluding hydrogens is 322 g/mol. The predicted octanol–water partition coefficient (Wildman–Crippen LogP) is 5.59. The van der Waals surface area contributed by atoms with Crippen LogP contribution in [0.5, 0.6) is 0 Å². The summed E-state index contributed by atoms with van der Waals surface area (Å²) in [4.78, 5) is 3.55. The predicted molar refractivity (Wildman–Crippen MR) is 75.4 cm³/mol. The van der Waals surface area contributed by atoms with Crippen molar-refractivity contribution in [3.05, 3.63) is 46.8 Å². The highest BCUT2D eigenvalue weighted by Gasteiger charge is 2.35. The Kier molecular flexibility index (Phi) is 5.70. The zero-order valence-corrected chi connectivity index (χ0v) is 12.4. The second-order valence-electron chi connectivity index (χ2n) is 5.09. The van der Waals surface area contributed by atoms with Gasteiger partial charge >= 0.3 is 12.4 Å². The summed E-state index contributed by atoms with van der Waals surface area (Å²) in [7, 11) is 0. The van der Waals surface area contributed by atoms with Gasteiger partial charge in [-0.1, -0.05) is 17.7 Å². The zero-order chi connectivity index (χ0) is 17.8. The zero-order valence-electron chi connectivity index (χ0n) is 12.4. The molecule has 0 aromatic heterocycles. The first-order valence-electron chi connectivity index (χ1n) is 6.48. The largest absolute Gasteiger partial charge is 0.407 e. The van der Waals surface area contributed by atoms with Crippen molar-refractivity contribution in [2.45, 2.75) is 26.2 Å². The summed E-state index contributed by atoms with van der Waals surface area (Å²) in [5.74, 6) is 0. The van der Waals surface area contributed by atoms with Gasteiger partial charge in [0.05, 0.1) is 12.1 Å². The van der Waals surface area contributed by atoms with Crippen molar-refractivity contribution in [2.75, 3.05) is 18.0 Å². The molecule has 0 aliphatic rings. The van der Waals surface area contributed by atoms with Crippen LogP contribution in [0.25, 0.3) is 4.85 Å². The lowest BCUT2D eigenvalue weighted by molar-refractivity contribution is -0.136. The van der Waals surface area contributed by atoms with Gasteiger partial charge in [-0.2, -0.15) is 26.3 Å². The third-order valence-electron chi connectivity index (χ3n) is 2.86. The number of hydrogen-bond acceptors (Lipinski definition) is 1. The van der Waals surface area contributed by atoms with E-state index in [-0.39, 0.29) is 12.2 Å². The summed E-state index contributed by atoms with van der Waals surface area (Å²) in [6, 6.07) is 2.56. The van der Waals surface area contributed by atoms with Crippen LogP contribution in [-0.2, 0) is 6.18 Å². The first-order chi connectivity index (χ1) is 10.4. The Hall–Kier alpha value is -2.17. The van der Waals surface area contributed by atoms with Gasteiger partial charge < -0.3 is 4.90 Å². The maximum absolute atomic E-state index is 12.9. The Bertz CT molecular complexity index is 618. The molecule has 0 aliphatic carbocycles. The number of allylic oxidation sites excluding steroid dienone is 1. The minimum atomic E-state index is -4.81. The van der Waals surface area contributed by atoms with Gasteiger partial charge in [0.25, 0.3) is 0 Å². The van der Waals surface area contributed by atoms with Crippen LogP contribution in [0.15, 0.2) is 29.8 Å². The van der Waals surface area contributed by atoms with E-state index in [1.165, 1.54) is 6.08 Å². The summed E-state index contributed by atoms with van der Waals surface area (Å²) >= 11 is 0. The van der Waals surface area contributed by atoms with Gasteiger partial charge in [-0.05, 0) is 26.0 Å². The number of alkyl halides is 6. The van der Waals surface area contributed by atoms with E-state index in [1.807, 2.05) is 0 Å². The van der Waals surface area contributed by atoms with Gasteiger partial charge in [0.15, 0.2) is 5.69 Å². The molecule has 0 unspecified atom stereocenters. The number of halogens is 6. The average Bonchev–Trinajstić information content (AvgIpc) is 2.40. The fourth-order valence-electron chi connectivity index (χ4n) is 1.82. The first kappa shape index (κ1) is 18.9. The van der Waals surface area contributed by atoms with Gasteiger partial charge in [-0.15, -0.1) is 0 Å². The summed E-state index contributed by atoms with van der Waals surface area (Å²) in [5, 5.41) is 0. The van der Waals surface area contributed by atoms with Crippen molar-refractivity contribution in [3.8, 4) is 0 Å². The second-order valence-corrected chi connectivity index (χ2v) is 5.09. The summed E-state index contributed by atoms with van der Waals surface area (Å²) in [5.41, 5.74) is -1.38. The van der Waals surface area contributed by atoms with E-state index in [0.29, 0.717) is 6.07 Å². The van der Waals surface area contributed by atoms with Crippen LogP contribution in [0.4, 0.5) is 37.7 Å². The molecule has 0 amide bonds. The SMILES string of the molecule is [C-]#[N+]c1ccc(N(CC=C(C)C)CC(F)(F)F)cc1C(F)(F)F. The number of benzene rings is 1. The van der Waals surface area contributed by atoms with Crippen LogP contribution in [0.1, 0.15) is 19.4 Å². The molecule has 0 atom stereocenters. The third-order valence-corrected chi connectivity index (χ3v) is 2.86. The lowest BCUT2D eigenvalue weighted by Gasteiger charge is -2.26. The molecule has 1 aromatic rings. The molecule has 23 heavy (non-hydrogen) atoms. The van der Waals surface area contributed by atoms with Gasteiger partial charge in [0, 0.05) is 12.2 Å². The van der Waals surface area contributed by atoms with Crippen molar-refractivity contribution >= 4 is 11.4 Å². The van der Waals surface area contributed by atoms with E-state index in [0.717, 1.165) is 22.6 Å². The monoisotopic (exact) mass is 336 g/mol. The van der Waals surface area contributed by atoms with E-state index in [1.54, 1.807) is 13.8 Å². The number of anilines is 1. The number of rotatable bonds is 4. The molecule has 1 rings (SSSR count). The van der Waals surface area contributed by atoms with E-state index in [2.05, 4.69) is 4.85 Å². The smallest absolute Gasteiger partial charge is 0.359 e. The Morgan fingerprint density at radius 3 is 2.22 bits per heavy atom. The maximum Gasteiger partial charge on any atom is 0.407 e. The Balaban J connectivity index is 3.31. The lowest BCUT2D eigenvalue weighted by atomic mass is 10.1. The molecule has 0 spiro atoms. The topological polar surface area (TPSA) is 7.60 Å². The summed E-state index contributed by atoms with van der Waals surface area (Å²) in [6.45, 7) is 8.53. The molecule has 0 aliphatic heterocycles. The minimum absolute atomic E-state index is 0.184. The van der Waals surface area contributed by atoms with Crippen molar-refractivity contribution in [2.24, 2.45) is 0 Å². The second kappa shape index (κ2) is 6.94. The van der Waals surface area contributed by atoms with Gasteiger partial charge in [-0.25, -0.2) is 4.85 Å². The molecule has 0 N–H and O–H groups in total. The van der Waals surface area contributed by atoms with E-state index < -0.39 is 30.1 Å². The fraction of sp³-hybridized carbons (Fsp3) is 0.400. The molecule has 0 bridgehead atoms. The number of nitrogens with zero attached hydrogens (tertiary/aromatic N) is 2. The summed E-state index contributed by atoms with van der Waals surface area (Å²) < 4.78 is 76.8. The highest BCUT2D eigenvalue weighted by atomic mass is 19.4. The van der Waals surface area contributed by atoms with Gasteiger partial charge in [0.1, 0.15) is 6.54 Å². The van der Waals surface area contributed by atoms with E-state index in [4.69, 9.17) is 6.57 Å². The molecule has 0 saturated heterocycles. The Morgan fingerprint density at radius 1 is 1.17 bits per heavy atom. The molecule has 0 heterocycles. The first-order valence-corrected chi connectivity index (χ1v) is 6.48. The molecule has 126 valence electrons. The van der Waals surface area contributed by atoms with Crippen LogP contribution in [0, 0.1) is 6.57 Å². The van der Waals surface area contributed by atoms with Gasteiger partial charge in [0.2, 0.25) is 0 Å². The van der Waals surface area contributed by atoms with Crippen LogP contribution in [0.2, 0.25) is 0 Å². The molecule has 0 radical (unpaired) electrons. The standard InChI is InChI=1S/C15H14F6N2/c1-10(2)6-7-23(9-14(16,17)18)11-4-5-13(22-3)12(8-11)15(19,20)21/h4-6,8H,7,9H2,1-2H3. The Morgan fingerprint density at radius 2 is 1.78 bits per heavy atom. The normalized spacial score (nSPS) is 11.8. The molecule has 8 heteroatoms. The molecule has 0 fully saturated rings. The quantitative estimate of drug-likeness (QED) is 0.395. The summed E-state index contributed by atoms with van der Waals surface area (Å²) in [6.07, 6.45) is -7.88. The van der Waals surface area contributed by atoms with Crippen LogP contribution >= 0.6 is 0 Å². The van der Waals surface area contributed by atoms with Gasteiger partial charge in [-0.3, -0.25) is 0 Å². The van der Waals surface area contributed by atoms with Crippen molar-refractivity contribution < 1.29 is 26.3 Å². The molecule has 1 aromatic carbocycles. The highest BCUT2D eigenvalue weighted by molar-refractivity contribution is 5.62. The Labute approximate surface area is 129 Å². The van der Waals surface area contributed by atoms with Crippen LogP contribution < -0.4 is 4.90 Å². The van der Waals surface area contributed by atoms with E-state index >= 15 is 0 Å². The third kappa shape index (κ3) is 5.85. The molecule has 2 nitrogen and oxygen atoms in total. The maximum atomic E-state index is 12.9. The van der Waals surface area contributed by atoms with Crippen LogP contribution in [0.3, 0.4) is 0 Å². The molecular formula is C15H14F6N2. The molecule has 0 saturated carbocycles. The van der Waals surface area contributed by atoms with E-state index in [9.17, 15) is 26.3 Å². The number of hydrogen-bond donors (Lipinski definition) is 0. The van der Waals surface area contributed by atoms with Crippen molar-refractivity contribution in [3.63, 3.8) is 0 Å². The highest BCUT2D eigenvalue weighted by Crippen LogP contribution is 2.39. The average molecular weight is 336 g/mol.